The molecule has 7 heteroatoms. The van der Waals surface area contributed by atoms with E-state index in [1.54, 1.807) is 0 Å². The molecule has 7 nitrogen and oxygen atoms in total. The van der Waals surface area contributed by atoms with E-state index in [1.165, 1.54) is 5.56 Å². The fourth-order valence-corrected chi connectivity index (χ4v) is 4.68. The number of piperazine rings is 1. The SMILES string of the molecule is c1ccc(Cn2c(CN3CCNCC3)nnc2C2CCN(c3ccccn3)CC2)cc1. The van der Waals surface area contributed by atoms with Crippen LogP contribution in [0.1, 0.15) is 36.0 Å². The number of benzene rings is 1. The van der Waals surface area contributed by atoms with Gasteiger partial charge in [0.1, 0.15) is 17.5 Å². The second-order valence-corrected chi connectivity index (χ2v) is 8.52. The lowest BCUT2D eigenvalue weighted by Gasteiger charge is -2.32. The van der Waals surface area contributed by atoms with Crippen molar-refractivity contribution in [3.63, 3.8) is 0 Å². The maximum atomic E-state index is 4.74. The van der Waals surface area contributed by atoms with Gasteiger partial charge in [-0.1, -0.05) is 36.4 Å². The molecular formula is C24H31N7. The van der Waals surface area contributed by atoms with Crippen molar-refractivity contribution in [3.05, 3.63) is 71.9 Å². The van der Waals surface area contributed by atoms with Crippen LogP contribution in [0.15, 0.2) is 54.7 Å². The van der Waals surface area contributed by atoms with Crippen LogP contribution in [0.3, 0.4) is 0 Å². The molecule has 0 bridgehead atoms. The Morgan fingerprint density at radius 2 is 1.61 bits per heavy atom. The molecule has 0 amide bonds. The molecule has 2 aromatic heterocycles. The fraction of sp³-hybridized carbons (Fsp3) is 0.458. The Labute approximate surface area is 184 Å². The van der Waals surface area contributed by atoms with Gasteiger partial charge in [0.2, 0.25) is 0 Å². The van der Waals surface area contributed by atoms with Crippen molar-refractivity contribution in [2.45, 2.75) is 31.8 Å². The molecule has 0 spiro atoms. The first-order valence-corrected chi connectivity index (χ1v) is 11.4. The van der Waals surface area contributed by atoms with Gasteiger partial charge < -0.3 is 14.8 Å². The monoisotopic (exact) mass is 417 g/mol. The van der Waals surface area contributed by atoms with Gasteiger partial charge >= 0.3 is 0 Å². The van der Waals surface area contributed by atoms with E-state index in [2.05, 4.69) is 72.2 Å². The Hall–Kier alpha value is -2.77. The van der Waals surface area contributed by atoms with Crippen molar-refractivity contribution in [2.75, 3.05) is 44.2 Å². The molecule has 5 rings (SSSR count). The lowest BCUT2D eigenvalue weighted by molar-refractivity contribution is 0.225. The van der Waals surface area contributed by atoms with Crippen LogP contribution < -0.4 is 10.2 Å². The highest BCUT2D eigenvalue weighted by atomic mass is 15.3. The number of aromatic nitrogens is 4. The van der Waals surface area contributed by atoms with E-state index >= 15 is 0 Å². The Morgan fingerprint density at radius 1 is 0.839 bits per heavy atom. The Bertz CT molecular complexity index is 943. The number of hydrogen-bond donors (Lipinski definition) is 1. The van der Waals surface area contributed by atoms with Crippen molar-refractivity contribution >= 4 is 5.82 Å². The quantitative estimate of drug-likeness (QED) is 0.665. The lowest BCUT2D eigenvalue weighted by Crippen LogP contribution is -2.43. The van der Waals surface area contributed by atoms with Crippen LogP contribution in [0.4, 0.5) is 5.82 Å². The predicted molar refractivity (Wildman–Crippen MR) is 122 cm³/mol. The summed E-state index contributed by atoms with van der Waals surface area (Å²) in [4.78, 5) is 9.39. The summed E-state index contributed by atoms with van der Waals surface area (Å²) in [6.45, 7) is 7.95. The van der Waals surface area contributed by atoms with Crippen LogP contribution in [0.2, 0.25) is 0 Å². The number of rotatable bonds is 6. The highest BCUT2D eigenvalue weighted by molar-refractivity contribution is 5.38. The first-order valence-electron chi connectivity index (χ1n) is 11.4. The molecule has 0 unspecified atom stereocenters. The number of hydrogen-bond acceptors (Lipinski definition) is 6. The Balaban J connectivity index is 1.35. The van der Waals surface area contributed by atoms with Gasteiger partial charge in [0.05, 0.1) is 13.1 Å². The van der Waals surface area contributed by atoms with E-state index in [0.29, 0.717) is 5.92 Å². The number of piperidine rings is 1. The lowest BCUT2D eigenvalue weighted by atomic mass is 9.95. The standard InChI is InChI=1S/C24H31N7/c1-2-6-20(7-3-1)18-31-23(19-29-16-12-25-13-17-29)27-28-24(31)21-9-14-30(15-10-21)22-8-4-5-11-26-22/h1-8,11,21,25H,9-10,12-19H2. The second kappa shape index (κ2) is 9.58. The summed E-state index contributed by atoms with van der Waals surface area (Å²) in [6.07, 6.45) is 4.04. The first kappa shape index (κ1) is 20.2. The average Bonchev–Trinajstić information content (AvgIpc) is 3.23. The van der Waals surface area contributed by atoms with E-state index in [9.17, 15) is 0 Å². The average molecular weight is 418 g/mol. The molecule has 1 N–H and O–H groups in total. The molecular weight excluding hydrogens is 386 g/mol. The van der Waals surface area contributed by atoms with Gasteiger partial charge in [0.25, 0.3) is 0 Å². The maximum Gasteiger partial charge on any atom is 0.147 e. The summed E-state index contributed by atoms with van der Waals surface area (Å²) >= 11 is 0. The van der Waals surface area contributed by atoms with Crippen LogP contribution in [0.5, 0.6) is 0 Å². The van der Waals surface area contributed by atoms with E-state index < -0.39 is 0 Å². The third-order valence-electron chi connectivity index (χ3n) is 6.45. The van der Waals surface area contributed by atoms with Crippen LogP contribution in [-0.4, -0.2) is 63.9 Å². The molecule has 3 aromatic rings. The zero-order valence-corrected chi connectivity index (χ0v) is 18.0. The summed E-state index contributed by atoms with van der Waals surface area (Å²) in [5.41, 5.74) is 1.30. The van der Waals surface area contributed by atoms with Gasteiger partial charge in [-0.3, -0.25) is 4.90 Å². The molecule has 0 saturated carbocycles. The molecule has 31 heavy (non-hydrogen) atoms. The summed E-state index contributed by atoms with van der Waals surface area (Å²) in [5.74, 6) is 3.75. The molecule has 0 aliphatic carbocycles. The van der Waals surface area contributed by atoms with Gasteiger partial charge in [-0.2, -0.15) is 0 Å². The first-order chi connectivity index (χ1) is 15.4. The maximum absolute atomic E-state index is 4.74. The fourth-order valence-electron chi connectivity index (χ4n) is 4.68. The molecule has 0 radical (unpaired) electrons. The van der Waals surface area contributed by atoms with Gasteiger partial charge in [-0.05, 0) is 30.5 Å². The molecule has 2 fully saturated rings. The van der Waals surface area contributed by atoms with Crippen molar-refractivity contribution in [1.29, 1.82) is 0 Å². The van der Waals surface area contributed by atoms with E-state index in [-0.39, 0.29) is 0 Å². The third-order valence-corrected chi connectivity index (χ3v) is 6.45. The second-order valence-electron chi connectivity index (χ2n) is 8.52. The molecule has 2 saturated heterocycles. The van der Waals surface area contributed by atoms with Gasteiger partial charge in [-0.25, -0.2) is 4.98 Å². The van der Waals surface area contributed by atoms with E-state index in [1.807, 2.05) is 12.3 Å². The van der Waals surface area contributed by atoms with Crippen molar-refractivity contribution in [1.82, 2.24) is 30.0 Å². The highest BCUT2D eigenvalue weighted by Gasteiger charge is 2.27. The molecule has 0 atom stereocenters. The van der Waals surface area contributed by atoms with Gasteiger partial charge in [0.15, 0.2) is 0 Å². The zero-order chi connectivity index (χ0) is 20.9. The molecule has 2 aliphatic rings. The normalized spacial score (nSPS) is 18.4. The topological polar surface area (TPSA) is 62.1 Å². The van der Waals surface area contributed by atoms with Crippen molar-refractivity contribution < 1.29 is 0 Å². The van der Waals surface area contributed by atoms with E-state index in [4.69, 9.17) is 5.10 Å². The number of anilines is 1. The number of nitrogens with zero attached hydrogens (tertiary/aromatic N) is 6. The summed E-state index contributed by atoms with van der Waals surface area (Å²) in [7, 11) is 0. The summed E-state index contributed by atoms with van der Waals surface area (Å²) < 4.78 is 2.39. The van der Waals surface area contributed by atoms with Crippen LogP contribution >= 0.6 is 0 Å². The molecule has 1 aromatic carbocycles. The smallest absolute Gasteiger partial charge is 0.147 e. The third kappa shape index (κ3) is 4.78. The number of pyridine rings is 1. The summed E-state index contributed by atoms with van der Waals surface area (Å²) in [5, 5.41) is 12.9. The summed E-state index contributed by atoms with van der Waals surface area (Å²) in [6, 6.07) is 16.8. The van der Waals surface area contributed by atoms with E-state index in [0.717, 1.165) is 82.7 Å². The van der Waals surface area contributed by atoms with Crippen LogP contribution in [-0.2, 0) is 13.1 Å². The minimum absolute atomic E-state index is 0.438. The number of nitrogens with one attached hydrogen (secondary N) is 1. The minimum atomic E-state index is 0.438. The van der Waals surface area contributed by atoms with Crippen LogP contribution in [0, 0.1) is 0 Å². The molecule has 4 heterocycles. The van der Waals surface area contributed by atoms with Crippen molar-refractivity contribution in [3.8, 4) is 0 Å². The Kier molecular flexibility index (Phi) is 6.22. The zero-order valence-electron chi connectivity index (χ0n) is 18.0. The minimum Gasteiger partial charge on any atom is -0.357 e. The van der Waals surface area contributed by atoms with Gasteiger partial charge in [-0.15, -0.1) is 10.2 Å². The van der Waals surface area contributed by atoms with Crippen molar-refractivity contribution in [2.24, 2.45) is 0 Å². The molecule has 2 aliphatic heterocycles. The van der Waals surface area contributed by atoms with Crippen LogP contribution in [0.25, 0.3) is 0 Å². The Morgan fingerprint density at radius 3 is 2.35 bits per heavy atom. The largest absolute Gasteiger partial charge is 0.357 e. The predicted octanol–water partition coefficient (Wildman–Crippen LogP) is 2.51. The molecule has 162 valence electrons. The van der Waals surface area contributed by atoms with Gasteiger partial charge in [0, 0.05) is 51.4 Å². The highest BCUT2D eigenvalue weighted by Crippen LogP contribution is 2.30.